The Kier molecular flexibility index (Phi) is 4.11. The molecule has 0 unspecified atom stereocenters. The van der Waals surface area contributed by atoms with Crippen molar-refractivity contribution in [3.63, 3.8) is 0 Å². The first-order chi connectivity index (χ1) is 8.95. The molecular weight excluding hydrogens is 304 g/mol. The van der Waals surface area contributed by atoms with Gasteiger partial charge in [0, 0.05) is 19.0 Å². The summed E-state index contributed by atoms with van der Waals surface area (Å²) in [5, 5.41) is 9.09. The molecule has 1 aromatic carbocycles. The van der Waals surface area contributed by atoms with Crippen molar-refractivity contribution in [2.24, 2.45) is 7.05 Å². The monoisotopic (exact) mass is 322 g/mol. The molecule has 0 aliphatic rings. The molecule has 0 fully saturated rings. The van der Waals surface area contributed by atoms with Gasteiger partial charge in [0.15, 0.2) is 0 Å². The number of hydrogen-bond donors (Lipinski definition) is 1. The second-order valence-electron chi connectivity index (χ2n) is 4.97. The molecule has 2 aromatic rings. The van der Waals surface area contributed by atoms with Crippen LogP contribution in [0.15, 0.2) is 16.7 Å². The number of aromatic nitrogens is 2. The maximum Gasteiger partial charge on any atom is 0.132 e. The largest absolute Gasteiger partial charge is 0.396 e. The normalized spacial score (nSPS) is 11.1. The number of aliphatic hydroxyl groups excluding tert-OH is 1. The molecule has 1 N–H and O–H groups in total. The average molecular weight is 323 g/mol. The molecule has 0 aliphatic carbocycles. The van der Waals surface area contributed by atoms with E-state index in [1.807, 2.05) is 7.05 Å². The van der Waals surface area contributed by atoms with Crippen LogP contribution < -0.4 is 0 Å². The fraction of sp³-hybridized carbons (Fsp3) is 0.400. The molecule has 0 amide bonds. The quantitative estimate of drug-likeness (QED) is 0.941. The van der Waals surface area contributed by atoms with Crippen molar-refractivity contribution in [3.8, 4) is 11.3 Å². The van der Waals surface area contributed by atoms with Crippen LogP contribution in [0.2, 0.25) is 0 Å². The highest BCUT2D eigenvalue weighted by molar-refractivity contribution is 9.10. The summed E-state index contributed by atoms with van der Waals surface area (Å²) in [7, 11) is 2.00. The van der Waals surface area contributed by atoms with Crippen LogP contribution in [-0.2, 0) is 13.5 Å². The van der Waals surface area contributed by atoms with E-state index < -0.39 is 0 Å². The number of aryl methyl sites for hydroxylation is 3. The van der Waals surface area contributed by atoms with Crippen LogP contribution in [-0.4, -0.2) is 21.3 Å². The molecule has 0 saturated carbocycles. The van der Waals surface area contributed by atoms with Gasteiger partial charge in [0.25, 0.3) is 0 Å². The van der Waals surface area contributed by atoms with Gasteiger partial charge in [0.1, 0.15) is 10.4 Å². The molecule has 19 heavy (non-hydrogen) atoms. The lowest BCUT2D eigenvalue weighted by Crippen LogP contribution is -2.03. The summed E-state index contributed by atoms with van der Waals surface area (Å²) in [4.78, 5) is 4.50. The first-order valence-corrected chi connectivity index (χ1v) is 7.15. The van der Waals surface area contributed by atoms with Crippen molar-refractivity contribution in [1.82, 2.24) is 9.55 Å². The summed E-state index contributed by atoms with van der Waals surface area (Å²) in [5.41, 5.74) is 6.07. The molecule has 0 atom stereocenters. The van der Waals surface area contributed by atoms with E-state index in [4.69, 9.17) is 5.11 Å². The second kappa shape index (κ2) is 5.47. The summed E-state index contributed by atoms with van der Waals surface area (Å²) in [6, 6.07) is 4.38. The van der Waals surface area contributed by atoms with Crippen LogP contribution in [0.3, 0.4) is 0 Å². The maximum absolute atomic E-state index is 9.09. The second-order valence-corrected chi connectivity index (χ2v) is 5.72. The van der Waals surface area contributed by atoms with Crippen molar-refractivity contribution in [2.45, 2.75) is 27.2 Å². The van der Waals surface area contributed by atoms with Crippen molar-refractivity contribution < 1.29 is 5.11 Å². The number of aliphatic hydroxyl groups is 1. The van der Waals surface area contributed by atoms with E-state index in [1.165, 1.54) is 22.3 Å². The van der Waals surface area contributed by atoms with Gasteiger partial charge in [0.05, 0.1) is 12.3 Å². The van der Waals surface area contributed by atoms with Crippen molar-refractivity contribution in [3.05, 3.63) is 39.3 Å². The van der Waals surface area contributed by atoms with Crippen molar-refractivity contribution in [1.29, 1.82) is 0 Å². The zero-order valence-electron chi connectivity index (χ0n) is 11.8. The highest BCUT2D eigenvalue weighted by Gasteiger charge is 2.17. The zero-order valence-corrected chi connectivity index (χ0v) is 13.4. The summed E-state index contributed by atoms with van der Waals surface area (Å²) in [6.45, 7) is 6.48. The van der Waals surface area contributed by atoms with Crippen LogP contribution in [0, 0.1) is 20.8 Å². The highest BCUT2D eigenvalue weighted by atomic mass is 79.9. The predicted octanol–water partition coefficient (Wildman–Crippen LogP) is 3.31. The number of halogens is 1. The minimum Gasteiger partial charge on any atom is -0.396 e. The first kappa shape index (κ1) is 14.3. The van der Waals surface area contributed by atoms with Crippen molar-refractivity contribution in [2.75, 3.05) is 6.61 Å². The van der Waals surface area contributed by atoms with Gasteiger partial charge in [0.2, 0.25) is 0 Å². The van der Waals surface area contributed by atoms with Gasteiger partial charge < -0.3 is 9.67 Å². The minimum atomic E-state index is 0.114. The SMILES string of the molecule is Cc1cc(C)c(-c2c(Br)nc(CCO)n2C)c(C)c1. The predicted molar refractivity (Wildman–Crippen MR) is 81.3 cm³/mol. The Bertz CT molecular complexity index is 594. The van der Waals surface area contributed by atoms with Gasteiger partial charge in [-0.3, -0.25) is 0 Å². The van der Waals surface area contributed by atoms with Gasteiger partial charge >= 0.3 is 0 Å². The molecule has 102 valence electrons. The van der Waals surface area contributed by atoms with E-state index in [0.29, 0.717) is 6.42 Å². The highest BCUT2D eigenvalue weighted by Crippen LogP contribution is 2.34. The number of rotatable bonds is 3. The molecular formula is C15H19BrN2O. The lowest BCUT2D eigenvalue weighted by Gasteiger charge is -2.13. The average Bonchev–Trinajstić information content (AvgIpc) is 2.56. The van der Waals surface area contributed by atoms with Crippen LogP contribution in [0.25, 0.3) is 11.3 Å². The number of hydrogen-bond acceptors (Lipinski definition) is 2. The standard InChI is InChI=1S/C15H19BrN2O/c1-9-7-10(2)13(11(3)8-9)14-15(16)17-12(5-6-19)18(14)4/h7-8,19H,5-6H2,1-4H3. The Labute approximate surface area is 122 Å². The van der Waals surface area contributed by atoms with Crippen LogP contribution in [0.5, 0.6) is 0 Å². The van der Waals surface area contributed by atoms with Gasteiger partial charge in [-0.15, -0.1) is 0 Å². The summed E-state index contributed by atoms with van der Waals surface area (Å²) in [6.07, 6.45) is 0.569. The lowest BCUT2D eigenvalue weighted by atomic mass is 9.97. The minimum absolute atomic E-state index is 0.114. The van der Waals surface area contributed by atoms with E-state index in [9.17, 15) is 0 Å². The summed E-state index contributed by atoms with van der Waals surface area (Å²) >= 11 is 3.55. The molecule has 1 aromatic heterocycles. The van der Waals surface area contributed by atoms with E-state index in [0.717, 1.165) is 16.1 Å². The summed E-state index contributed by atoms with van der Waals surface area (Å²) in [5.74, 6) is 0.892. The molecule has 0 radical (unpaired) electrons. The van der Waals surface area contributed by atoms with E-state index in [1.54, 1.807) is 0 Å². The summed E-state index contributed by atoms with van der Waals surface area (Å²) < 4.78 is 2.90. The van der Waals surface area contributed by atoms with Gasteiger partial charge in [-0.05, 0) is 47.8 Å². The van der Waals surface area contributed by atoms with Crippen molar-refractivity contribution >= 4 is 15.9 Å². The molecule has 0 spiro atoms. The topological polar surface area (TPSA) is 38.1 Å². The Balaban J connectivity index is 2.66. The van der Waals surface area contributed by atoms with Crippen LogP contribution in [0.4, 0.5) is 0 Å². The first-order valence-electron chi connectivity index (χ1n) is 6.36. The van der Waals surface area contributed by atoms with E-state index >= 15 is 0 Å². The smallest absolute Gasteiger partial charge is 0.132 e. The number of benzene rings is 1. The molecule has 2 rings (SSSR count). The maximum atomic E-state index is 9.09. The lowest BCUT2D eigenvalue weighted by molar-refractivity contribution is 0.295. The van der Waals surface area contributed by atoms with Gasteiger partial charge in [-0.2, -0.15) is 0 Å². The van der Waals surface area contributed by atoms with Crippen LogP contribution in [0.1, 0.15) is 22.5 Å². The Morgan fingerprint density at radius 3 is 2.32 bits per heavy atom. The Hall–Kier alpha value is -1.13. The molecule has 0 saturated heterocycles. The fourth-order valence-electron chi connectivity index (χ4n) is 2.66. The van der Waals surface area contributed by atoms with E-state index in [2.05, 4.69) is 58.4 Å². The molecule has 0 bridgehead atoms. The zero-order chi connectivity index (χ0) is 14.2. The third-order valence-corrected chi connectivity index (χ3v) is 3.95. The van der Waals surface area contributed by atoms with E-state index in [-0.39, 0.29) is 6.61 Å². The molecule has 1 heterocycles. The number of nitrogens with zero attached hydrogens (tertiary/aromatic N) is 2. The van der Waals surface area contributed by atoms with Crippen LogP contribution >= 0.6 is 15.9 Å². The fourth-order valence-corrected chi connectivity index (χ4v) is 3.33. The van der Waals surface area contributed by atoms with Gasteiger partial charge in [-0.25, -0.2) is 4.98 Å². The molecule has 3 nitrogen and oxygen atoms in total. The third kappa shape index (κ3) is 2.60. The number of imidazole rings is 1. The Morgan fingerprint density at radius 2 is 1.79 bits per heavy atom. The molecule has 0 aliphatic heterocycles. The molecule has 4 heteroatoms. The Morgan fingerprint density at radius 1 is 1.21 bits per heavy atom. The third-order valence-electron chi connectivity index (χ3n) is 3.39. The van der Waals surface area contributed by atoms with Gasteiger partial charge in [-0.1, -0.05) is 17.7 Å².